The fourth-order valence-electron chi connectivity index (χ4n) is 1.13. The Bertz CT molecular complexity index is 441. The van der Waals surface area contributed by atoms with Crippen LogP contribution in [0.5, 0.6) is 5.75 Å². The van der Waals surface area contributed by atoms with E-state index in [2.05, 4.69) is 4.74 Å². The Hall–Kier alpha value is -1.98. The lowest BCUT2D eigenvalue weighted by Crippen LogP contribution is -2.26. The van der Waals surface area contributed by atoms with Gasteiger partial charge in [0.2, 0.25) is 0 Å². The largest absolute Gasteiger partial charge is 0.505 e. The van der Waals surface area contributed by atoms with Gasteiger partial charge in [-0.25, -0.2) is 9.59 Å². The van der Waals surface area contributed by atoms with Crippen molar-refractivity contribution in [1.82, 2.24) is 4.57 Å². The first-order chi connectivity index (χ1) is 7.74. The van der Waals surface area contributed by atoms with Crippen LogP contribution in [0.1, 0.15) is 31.1 Å². The molecule has 0 aromatic carbocycles. The minimum atomic E-state index is -0.718. The Morgan fingerprint density at radius 1 is 1.29 bits per heavy atom. The summed E-state index contributed by atoms with van der Waals surface area (Å²) < 4.78 is 10.5. The van der Waals surface area contributed by atoms with E-state index in [0.717, 1.165) is 17.0 Å². The Kier molecular flexibility index (Phi) is 3.45. The lowest BCUT2D eigenvalue weighted by atomic mass is 10.2. The number of carbonyl (C=O) groups is 2. The highest BCUT2D eigenvalue weighted by Crippen LogP contribution is 2.20. The number of carbonyl (C=O) groups excluding carboxylic acids is 2. The van der Waals surface area contributed by atoms with Gasteiger partial charge < -0.3 is 14.6 Å². The van der Waals surface area contributed by atoms with E-state index in [9.17, 15) is 14.7 Å². The summed E-state index contributed by atoms with van der Waals surface area (Å²) in [5.41, 5.74) is -0.735. The van der Waals surface area contributed by atoms with Crippen LogP contribution in [-0.2, 0) is 9.47 Å². The van der Waals surface area contributed by atoms with Crippen LogP contribution in [-0.4, -0.2) is 34.4 Å². The topological polar surface area (TPSA) is 77.8 Å². The van der Waals surface area contributed by atoms with Crippen molar-refractivity contribution >= 4 is 12.1 Å². The van der Waals surface area contributed by atoms with Gasteiger partial charge in [0.05, 0.1) is 13.3 Å². The van der Waals surface area contributed by atoms with Crippen LogP contribution in [0.25, 0.3) is 0 Å². The van der Waals surface area contributed by atoms with Crippen LogP contribution in [0.2, 0.25) is 0 Å². The van der Waals surface area contributed by atoms with Gasteiger partial charge in [0.25, 0.3) is 0 Å². The van der Waals surface area contributed by atoms with Crippen molar-refractivity contribution in [2.45, 2.75) is 26.4 Å². The van der Waals surface area contributed by atoms with Gasteiger partial charge in [-0.15, -0.1) is 0 Å². The smallest absolute Gasteiger partial charge is 0.418 e. The third kappa shape index (κ3) is 3.24. The Morgan fingerprint density at radius 3 is 2.35 bits per heavy atom. The molecule has 17 heavy (non-hydrogen) atoms. The molecule has 1 rings (SSSR count). The zero-order chi connectivity index (χ0) is 13.2. The van der Waals surface area contributed by atoms with Gasteiger partial charge in [-0.3, -0.25) is 4.57 Å². The quantitative estimate of drug-likeness (QED) is 0.758. The van der Waals surface area contributed by atoms with E-state index in [1.165, 1.54) is 7.11 Å². The van der Waals surface area contributed by atoms with Crippen molar-refractivity contribution in [1.29, 1.82) is 0 Å². The third-order valence-corrected chi connectivity index (χ3v) is 1.82. The van der Waals surface area contributed by atoms with Crippen molar-refractivity contribution < 1.29 is 24.2 Å². The summed E-state index contributed by atoms with van der Waals surface area (Å²) in [6.07, 6.45) is 1.58. The molecule has 0 spiro atoms. The second-order valence-corrected chi connectivity index (χ2v) is 4.44. The van der Waals surface area contributed by atoms with Gasteiger partial charge in [0, 0.05) is 6.20 Å². The molecule has 1 aromatic rings. The predicted molar refractivity (Wildman–Crippen MR) is 59.1 cm³/mol. The van der Waals surface area contributed by atoms with Gasteiger partial charge >= 0.3 is 12.1 Å². The van der Waals surface area contributed by atoms with Gasteiger partial charge in [0.15, 0.2) is 0 Å². The molecule has 94 valence electrons. The SMILES string of the molecule is COC(=O)c1cn(C(=O)OC(C)(C)C)cc1O. The molecule has 0 saturated heterocycles. The van der Waals surface area contributed by atoms with Gasteiger partial charge in [-0.2, -0.15) is 0 Å². The molecule has 0 fully saturated rings. The molecular formula is C11H15NO5. The first-order valence-corrected chi connectivity index (χ1v) is 4.97. The van der Waals surface area contributed by atoms with E-state index >= 15 is 0 Å². The van der Waals surface area contributed by atoms with E-state index in [1.807, 2.05) is 0 Å². The maximum Gasteiger partial charge on any atom is 0.418 e. The van der Waals surface area contributed by atoms with Gasteiger partial charge in [0.1, 0.15) is 16.9 Å². The Morgan fingerprint density at radius 2 is 1.88 bits per heavy atom. The summed E-state index contributed by atoms with van der Waals surface area (Å²) in [4.78, 5) is 22.8. The molecule has 0 aliphatic carbocycles. The number of hydrogen-bond donors (Lipinski definition) is 1. The van der Waals surface area contributed by atoms with E-state index in [1.54, 1.807) is 20.8 Å². The molecule has 1 N–H and O–H groups in total. The summed E-state index contributed by atoms with van der Waals surface area (Å²) in [5, 5.41) is 9.45. The second-order valence-electron chi connectivity index (χ2n) is 4.44. The highest BCUT2D eigenvalue weighted by molar-refractivity contribution is 5.93. The van der Waals surface area contributed by atoms with Crippen molar-refractivity contribution in [2.75, 3.05) is 7.11 Å². The number of nitrogens with zero attached hydrogens (tertiary/aromatic N) is 1. The Balaban J connectivity index is 2.94. The Labute approximate surface area is 98.7 Å². The molecule has 0 radical (unpaired) electrons. The molecule has 1 aromatic heterocycles. The summed E-state index contributed by atoms with van der Waals surface area (Å²) in [6, 6.07) is 0. The molecule has 0 amide bonds. The lowest BCUT2D eigenvalue weighted by molar-refractivity contribution is 0.0536. The first-order valence-electron chi connectivity index (χ1n) is 4.97. The molecule has 6 nitrogen and oxygen atoms in total. The number of methoxy groups -OCH3 is 1. The van der Waals surface area contributed by atoms with Crippen molar-refractivity contribution in [3.8, 4) is 5.75 Å². The number of esters is 1. The minimum Gasteiger partial charge on any atom is -0.505 e. The molecule has 1 heterocycles. The summed E-state index contributed by atoms with van der Waals surface area (Å²) >= 11 is 0. The molecule has 0 unspecified atom stereocenters. The van der Waals surface area contributed by atoms with E-state index in [-0.39, 0.29) is 11.3 Å². The van der Waals surface area contributed by atoms with Crippen LogP contribution in [0, 0.1) is 0 Å². The zero-order valence-corrected chi connectivity index (χ0v) is 10.2. The summed E-state index contributed by atoms with van der Waals surface area (Å²) in [7, 11) is 1.19. The average molecular weight is 241 g/mol. The maximum atomic E-state index is 11.6. The highest BCUT2D eigenvalue weighted by atomic mass is 16.6. The van der Waals surface area contributed by atoms with Crippen LogP contribution in [0.3, 0.4) is 0 Å². The lowest BCUT2D eigenvalue weighted by Gasteiger charge is -2.19. The van der Waals surface area contributed by atoms with E-state index < -0.39 is 17.7 Å². The van der Waals surface area contributed by atoms with Crippen LogP contribution < -0.4 is 0 Å². The molecular weight excluding hydrogens is 226 g/mol. The minimum absolute atomic E-state index is 0.0849. The normalized spacial score (nSPS) is 11.1. The van der Waals surface area contributed by atoms with Gasteiger partial charge in [-0.05, 0) is 20.8 Å². The molecule has 0 aliphatic rings. The molecule has 0 saturated carbocycles. The van der Waals surface area contributed by atoms with Crippen molar-refractivity contribution in [2.24, 2.45) is 0 Å². The molecule has 0 aliphatic heterocycles. The summed E-state index contributed by atoms with van der Waals surface area (Å²) in [6.45, 7) is 5.15. The van der Waals surface area contributed by atoms with Crippen molar-refractivity contribution in [3.05, 3.63) is 18.0 Å². The number of hydrogen-bond acceptors (Lipinski definition) is 5. The highest BCUT2D eigenvalue weighted by Gasteiger charge is 2.21. The zero-order valence-electron chi connectivity index (χ0n) is 10.2. The number of aromatic hydroxyl groups is 1. The molecule has 0 atom stereocenters. The molecule has 6 heteroatoms. The third-order valence-electron chi connectivity index (χ3n) is 1.82. The number of ether oxygens (including phenoxy) is 2. The monoisotopic (exact) mass is 241 g/mol. The maximum absolute atomic E-state index is 11.6. The van der Waals surface area contributed by atoms with E-state index in [4.69, 9.17) is 4.74 Å². The van der Waals surface area contributed by atoms with E-state index in [0.29, 0.717) is 0 Å². The standard InChI is InChI=1S/C11H15NO5/c1-11(2,3)17-10(15)12-5-7(8(13)6-12)9(14)16-4/h5-6,13H,1-4H3. The van der Waals surface area contributed by atoms with Crippen LogP contribution in [0.15, 0.2) is 12.4 Å². The number of rotatable bonds is 1. The van der Waals surface area contributed by atoms with Crippen LogP contribution >= 0.6 is 0 Å². The number of aromatic nitrogens is 1. The van der Waals surface area contributed by atoms with Crippen LogP contribution in [0.4, 0.5) is 4.79 Å². The second kappa shape index (κ2) is 4.48. The fraction of sp³-hybridized carbons (Fsp3) is 0.455. The van der Waals surface area contributed by atoms with Crippen molar-refractivity contribution in [3.63, 3.8) is 0 Å². The average Bonchev–Trinajstić information content (AvgIpc) is 2.57. The van der Waals surface area contributed by atoms with Gasteiger partial charge in [-0.1, -0.05) is 0 Å². The molecule has 0 bridgehead atoms. The first kappa shape index (κ1) is 13.1. The predicted octanol–water partition coefficient (Wildman–Crippen LogP) is 1.76. The summed E-state index contributed by atoms with van der Waals surface area (Å²) in [5.74, 6) is -1.05. The fourth-order valence-corrected chi connectivity index (χ4v) is 1.13.